The Morgan fingerprint density at radius 1 is 0.971 bits per heavy atom. The van der Waals surface area contributed by atoms with Crippen molar-refractivity contribution in [1.82, 2.24) is 5.32 Å². The van der Waals surface area contributed by atoms with Crippen molar-refractivity contribution in [2.45, 2.75) is 20.5 Å². The number of aryl methyl sites for hydroxylation is 2. The van der Waals surface area contributed by atoms with Crippen LogP contribution in [0.25, 0.3) is 6.08 Å². The molecule has 0 aliphatic carbocycles. The Morgan fingerprint density at radius 2 is 1.66 bits per heavy atom. The van der Waals surface area contributed by atoms with Crippen LogP contribution < -0.4 is 19.7 Å². The number of hydrogen-bond donors (Lipinski definition) is 1. The lowest BCUT2D eigenvalue weighted by atomic mass is 10.0. The third-order valence-electron chi connectivity index (χ3n) is 5.36. The summed E-state index contributed by atoms with van der Waals surface area (Å²) in [6, 6.07) is 17.3. The second-order valence-corrected chi connectivity index (χ2v) is 8.52. The number of halogens is 1. The zero-order valence-electron chi connectivity index (χ0n) is 19.4. The van der Waals surface area contributed by atoms with Crippen LogP contribution in [-0.2, 0) is 16.2 Å². The molecule has 0 bridgehead atoms. The van der Waals surface area contributed by atoms with Gasteiger partial charge < -0.3 is 9.47 Å². The molecule has 3 aromatic carbocycles. The van der Waals surface area contributed by atoms with Gasteiger partial charge in [-0.15, -0.1) is 0 Å². The molecule has 1 N–H and O–H groups in total. The van der Waals surface area contributed by atoms with Crippen molar-refractivity contribution in [3.05, 3.63) is 93.5 Å². The molecular weight excluding hydrogens is 468 g/mol. The van der Waals surface area contributed by atoms with Crippen molar-refractivity contribution >= 4 is 41.2 Å². The molecule has 4 rings (SSSR count). The third-order valence-corrected chi connectivity index (χ3v) is 5.64. The fraction of sp³-hybridized carbons (Fsp3) is 0.148. The number of barbiturate groups is 1. The minimum atomic E-state index is -0.803. The third kappa shape index (κ3) is 5.20. The molecule has 1 aliphatic rings. The van der Waals surface area contributed by atoms with Crippen molar-refractivity contribution in [3.63, 3.8) is 0 Å². The van der Waals surface area contributed by atoms with Crippen molar-refractivity contribution in [2.75, 3.05) is 12.0 Å². The highest BCUT2D eigenvalue weighted by atomic mass is 35.5. The molecule has 0 aromatic heterocycles. The number of ether oxygens (including phenoxy) is 2. The van der Waals surface area contributed by atoms with Crippen LogP contribution in [0.4, 0.5) is 10.5 Å². The van der Waals surface area contributed by atoms with E-state index in [-0.39, 0.29) is 17.2 Å². The number of benzene rings is 3. The zero-order chi connectivity index (χ0) is 25.1. The first-order chi connectivity index (χ1) is 16.8. The highest BCUT2D eigenvalue weighted by Crippen LogP contribution is 2.38. The number of carbonyl (C=O) groups is 3. The van der Waals surface area contributed by atoms with Gasteiger partial charge in [0, 0.05) is 0 Å². The summed E-state index contributed by atoms with van der Waals surface area (Å²) >= 11 is 6.47. The van der Waals surface area contributed by atoms with Crippen LogP contribution in [0.3, 0.4) is 0 Å². The zero-order valence-corrected chi connectivity index (χ0v) is 20.2. The summed E-state index contributed by atoms with van der Waals surface area (Å²) in [6.07, 6.45) is 1.37. The number of urea groups is 1. The lowest BCUT2D eigenvalue weighted by Crippen LogP contribution is -2.54. The van der Waals surface area contributed by atoms with E-state index < -0.39 is 17.8 Å². The summed E-state index contributed by atoms with van der Waals surface area (Å²) in [6.45, 7) is 4.01. The van der Waals surface area contributed by atoms with Gasteiger partial charge in [0.15, 0.2) is 11.5 Å². The van der Waals surface area contributed by atoms with Crippen LogP contribution in [0.5, 0.6) is 11.5 Å². The number of carbonyl (C=O) groups excluding carboxylic acids is 3. The summed E-state index contributed by atoms with van der Waals surface area (Å²) in [7, 11) is 1.47. The molecule has 8 heteroatoms. The highest BCUT2D eigenvalue weighted by Gasteiger charge is 2.37. The summed E-state index contributed by atoms with van der Waals surface area (Å²) < 4.78 is 11.3. The molecule has 3 aromatic rings. The van der Waals surface area contributed by atoms with Crippen LogP contribution in [0.2, 0.25) is 5.02 Å². The molecule has 1 saturated heterocycles. The number of rotatable bonds is 6. The fourth-order valence-corrected chi connectivity index (χ4v) is 4.10. The maximum atomic E-state index is 13.2. The van der Waals surface area contributed by atoms with Gasteiger partial charge in [-0.2, -0.15) is 0 Å². The SMILES string of the molecule is COc1cc(/C=C2\C(=O)NC(=O)N(c3cc(C)cc(C)c3)C2=O)cc(Cl)c1OCc1ccccc1. The number of nitrogens with zero attached hydrogens (tertiary/aromatic N) is 1. The molecule has 35 heavy (non-hydrogen) atoms. The van der Waals surface area contributed by atoms with Crippen molar-refractivity contribution < 1.29 is 23.9 Å². The van der Waals surface area contributed by atoms with Gasteiger partial charge in [0.05, 0.1) is 17.8 Å². The predicted octanol–water partition coefficient (Wildman–Crippen LogP) is 5.21. The Hall–Kier alpha value is -4.10. The smallest absolute Gasteiger partial charge is 0.335 e. The summed E-state index contributed by atoms with van der Waals surface area (Å²) in [5.41, 5.74) is 3.32. The molecule has 1 fully saturated rings. The normalized spacial score (nSPS) is 14.8. The first-order valence-corrected chi connectivity index (χ1v) is 11.2. The van der Waals surface area contributed by atoms with Crippen LogP contribution in [0, 0.1) is 13.8 Å². The maximum absolute atomic E-state index is 13.2. The van der Waals surface area contributed by atoms with Crippen LogP contribution in [0.15, 0.2) is 66.2 Å². The van der Waals surface area contributed by atoms with E-state index >= 15 is 0 Å². The van der Waals surface area contributed by atoms with E-state index in [1.807, 2.05) is 50.2 Å². The maximum Gasteiger partial charge on any atom is 0.335 e. The molecule has 178 valence electrons. The van der Waals surface area contributed by atoms with Gasteiger partial charge in [0.25, 0.3) is 11.8 Å². The first-order valence-electron chi connectivity index (χ1n) is 10.8. The molecular formula is C27H23ClN2O5. The lowest BCUT2D eigenvalue weighted by Gasteiger charge is -2.27. The average Bonchev–Trinajstić information content (AvgIpc) is 2.80. The van der Waals surface area contributed by atoms with Crippen molar-refractivity contribution in [1.29, 1.82) is 0 Å². The fourth-order valence-electron chi connectivity index (χ4n) is 3.83. The highest BCUT2D eigenvalue weighted by molar-refractivity contribution is 6.39. The first kappa shape index (κ1) is 24.0. The molecule has 1 aliphatic heterocycles. The molecule has 0 radical (unpaired) electrons. The number of hydrogen-bond acceptors (Lipinski definition) is 5. The minimum absolute atomic E-state index is 0.208. The summed E-state index contributed by atoms with van der Waals surface area (Å²) in [4.78, 5) is 39.2. The van der Waals surface area contributed by atoms with E-state index in [1.54, 1.807) is 24.3 Å². The van der Waals surface area contributed by atoms with E-state index in [4.69, 9.17) is 21.1 Å². The molecule has 0 unspecified atom stereocenters. The van der Waals surface area contributed by atoms with Gasteiger partial charge >= 0.3 is 6.03 Å². The van der Waals surface area contributed by atoms with E-state index in [1.165, 1.54) is 13.2 Å². The summed E-state index contributed by atoms with van der Waals surface area (Å²) in [5.74, 6) is -0.846. The number of amides is 4. The standard InChI is InChI=1S/C27H23ClN2O5/c1-16-9-17(2)11-20(10-16)30-26(32)21(25(31)29-27(30)33)12-19-13-22(28)24(23(14-19)34-3)35-15-18-7-5-4-6-8-18/h4-14H,15H2,1-3H3,(H,29,31,33)/b21-12+. The van der Waals surface area contributed by atoms with Crippen LogP contribution in [0.1, 0.15) is 22.3 Å². The Kier molecular flexibility index (Phi) is 6.89. The van der Waals surface area contributed by atoms with Crippen LogP contribution in [-0.4, -0.2) is 25.0 Å². The van der Waals surface area contributed by atoms with Gasteiger partial charge in [0.2, 0.25) is 0 Å². The van der Waals surface area contributed by atoms with Gasteiger partial charge in [-0.25, -0.2) is 9.69 Å². The number of imide groups is 2. The van der Waals surface area contributed by atoms with E-state index in [2.05, 4.69) is 5.32 Å². The van der Waals surface area contributed by atoms with Crippen LogP contribution >= 0.6 is 11.6 Å². The topological polar surface area (TPSA) is 84.9 Å². The Bertz CT molecular complexity index is 1330. The van der Waals surface area contributed by atoms with Crippen molar-refractivity contribution in [2.24, 2.45) is 0 Å². The Morgan fingerprint density at radius 3 is 2.31 bits per heavy atom. The van der Waals surface area contributed by atoms with E-state index in [0.717, 1.165) is 21.6 Å². The molecule has 0 saturated carbocycles. The van der Waals surface area contributed by atoms with Gasteiger partial charge in [-0.05, 0) is 66.4 Å². The lowest BCUT2D eigenvalue weighted by molar-refractivity contribution is -0.122. The quantitative estimate of drug-likeness (QED) is 0.378. The number of anilines is 1. The minimum Gasteiger partial charge on any atom is -0.493 e. The van der Waals surface area contributed by atoms with E-state index in [9.17, 15) is 14.4 Å². The molecule has 0 spiro atoms. The van der Waals surface area contributed by atoms with Gasteiger partial charge in [-0.1, -0.05) is 48.0 Å². The molecule has 7 nitrogen and oxygen atoms in total. The Balaban J connectivity index is 1.66. The number of methoxy groups -OCH3 is 1. The average molecular weight is 491 g/mol. The van der Waals surface area contributed by atoms with Gasteiger partial charge in [0.1, 0.15) is 12.2 Å². The predicted molar refractivity (Wildman–Crippen MR) is 134 cm³/mol. The van der Waals surface area contributed by atoms with Crippen molar-refractivity contribution in [3.8, 4) is 11.5 Å². The molecule has 1 heterocycles. The number of nitrogens with one attached hydrogen (secondary N) is 1. The molecule has 4 amide bonds. The van der Waals surface area contributed by atoms with Gasteiger partial charge in [-0.3, -0.25) is 14.9 Å². The monoisotopic (exact) mass is 490 g/mol. The summed E-state index contributed by atoms with van der Waals surface area (Å²) in [5, 5.41) is 2.48. The molecule has 0 atom stereocenters. The second kappa shape index (κ2) is 10.0. The second-order valence-electron chi connectivity index (χ2n) is 8.11. The van der Waals surface area contributed by atoms with E-state index in [0.29, 0.717) is 22.7 Å². The Labute approximate surface area is 207 Å². The largest absolute Gasteiger partial charge is 0.493 e.